The molecule has 32 heavy (non-hydrogen) atoms. The molecule has 0 aromatic carbocycles. The first-order valence-corrected chi connectivity index (χ1v) is 12.3. The Balaban J connectivity index is 1.67. The smallest absolute Gasteiger partial charge is 0.136 e. The van der Waals surface area contributed by atoms with E-state index in [-0.39, 0.29) is 35.7 Å². The molecule has 8 heteroatoms. The van der Waals surface area contributed by atoms with Crippen LogP contribution in [-0.2, 0) is 14.2 Å². The van der Waals surface area contributed by atoms with Gasteiger partial charge in [-0.15, -0.1) is 0 Å². The third kappa shape index (κ3) is 1.99. The Morgan fingerprint density at radius 1 is 1.09 bits per heavy atom. The first-order chi connectivity index (χ1) is 15.2. The molecule has 0 amide bonds. The topological polar surface area (TPSA) is 112 Å². The lowest BCUT2D eigenvalue weighted by Gasteiger charge is -2.69. The second-order valence-corrected chi connectivity index (χ2v) is 11.7. The van der Waals surface area contributed by atoms with E-state index in [1.807, 2.05) is 0 Å². The minimum absolute atomic E-state index is 0.102. The highest BCUT2D eigenvalue weighted by atomic mass is 16.5. The van der Waals surface area contributed by atoms with Crippen molar-refractivity contribution in [1.29, 1.82) is 0 Å². The van der Waals surface area contributed by atoms with Crippen LogP contribution in [0.25, 0.3) is 0 Å². The predicted octanol–water partition coefficient (Wildman–Crippen LogP) is -0.383. The van der Waals surface area contributed by atoms with Gasteiger partial charge in [-0.25, -0.2) is 0 Å². The fourth-order valence-electron chi connectivity index (χ4n) is 10.7. The monoisotopic (exact) mass is 453 g/mol. The molecular weight excluding hydrogens is 414 g/mol. The van der Waals surface area contributed by atoms with Gasteiger partial charge in [-0.05, 0) is 31.7 Å². The van der Waals surface area contributed by atoms with E-state index >= 15 is 0 Å². The van der Waals surface area contributed by atoms with Crippen LogP contribution in [0.4, 0.5) is 0 Å². The normalized spacial score (nSPS) is 62.4. The zero-order chi connectivity index (χ0) is 22.8. The van der Waals surface area contributed by atoms with E-state index in [4.69, 9.17) is 14.2 Å². The highest BCUT2D eigenvalue weighted by molar-refractivity contribution is 5.41. The molecule has 6 fully saturated rings. The van der Waals surface area contributed by atoms with Crippen LogP contribution in [0.5, 0.6) is 0 Å². The van der Waals surface area contributed by atoms with Gasteiger partial charge in [0.15, 0.2) is 0 Å². The molecule has 5 aliphatic carbocycles. The lowest BCUT2D eigenvalue weighted by molar-refractivity contribution is -0.317. The van der Waals surface area contributed by atoms with Gasteiger partial charge < -0.3 is 34.6 Å². The average molecular weight is 454 g/mol. The molecule has 1 saturated heterocycles. The lowest BCUT2D eigenvalue weighted by Crippen LogP contribution is -2.81. The highest BCUT2D eigenvalue weighted by Gasteiger charge is 2.91. The summed E-state index contributed by atoms with van der Waals surface area (Å²) in [6.07, 6.45) is -0.0296. The fourth-order valence-corrected chi connectivity index (χ4v) is 10.7. The molecule has 7 bridgehead atoms. The van der Waals surface area contributed by atoms with E-state index in [1.54, 1.807) is 21.3 Å². The molecule has 1 heterocycles. The Morgan fingerprint density at radius 3 is 2.47 bits per heavy atom. The maximum Gasteiger partial charge on any atom is 0.136 e. The van der Waals surface area contributed by atoms with E-state index in [0.717, 1.165) is 13.0 Å². The number of hydrogen-bond donors (Lipinski definition) is 4. The van der Waals surface area contributed by atoms with Crippen molar-refractivity contribution in [3.8, 4) is 0 Å². The zero-order valence-electron chi connectivity index (χ0n) is 19.6. The van der Waals surface area contributed by atoms with Gasteiger partial charge in [0.25, 0.3) is 0 Å². The van der Waals surface area contributed by atoms with Crippen LogP contribution in [0, 0.1) is 34.5 Å². The molecule has 5 saturated carbocycles. The number of piperidine rings is 1. The first-order valence-electron chi connectivity index (χ1n) is 12.3. The molecule has 6 aliphatic rings. The van der Waals surface area contributed by atoms with E-state index < -0.39 is 46.9 Å². The van der Waals surface area contributed by atoms with Crippen LogP contribution < -0.4 is 0 Å². The summed E-state index contributed by atoms with van der Waals surface area (Å²) in [5.74, 6) is -0.889. The van der Waals surface area contributed by atoms with Crippen molar-refractivity contribution in [3.63, 3.8) is 0 Å². The van der Waals surface area contributed by atoms with E-state index in [1.165, 1.54) is 0 Å². The number of fused-ring (bicyclic) bond motifs is 2. The summed E-state index contributed by atoms with van der Waals surface area (Å²) in [6.45, 7) is 4.05. The number of nitrogens with zero attached hydrogens (tertiary/aromatic N) is 1. The Kier molecular flexibility index (Phi) is 4.62. The quantitative estimate of drug-likeness (QED) is 0.446. The predicted molar refractivity (Wildman–Crippen MR) is 114 cm³/mol. The maximum atomic E-state index is 12.8. The molecule has 0 unspecified atom stereocenters. The summed E-state index contributed by atoms with van der Waals surface area (Å²) < 4.78 is 17.7. The van der Waals surface area contributed by atoms with Crippen molar-refractivity contribution in [2.45, 2.75) is 74.3 Å². The molecule has 13 atom stereocenters. The van der Waals surface area contributed by atoms with Gasteiger partial charge in [0.2, 0.25) is 0 Å². The minimum Gasteiger partial charge on any atom is -0.392 e. The Labute approximate surface area is 189 Å². The summed E-state index contributed by atoms with van der Waals surface area (Å²) in [6, 6.07) is -0.442. The second-order valence-electron chi connectivity index (χ2n) is 11.7. The van der Waals surface area contributed by atoms with Crippen LogP contribution in [0.15, 0.2) is 0 Å². The second kappa shape index (κ2) is 6.66. The number of aliphatic hydroxyl groups excluding tert-OH is 2. The van der Waals surface area contributed by atoms with Crippen LogP contribution in [0.1, 0.15) is 32.6 Å². The van der Waals surface area contributed by atoms with Crippen molar-refractivity contribution in [1.82, 2.24) is 4.90 Å². The number of likely N-dealkylation sites (tertiary alicyclic amines) is 1. The molecule has 6 rings (SSSR count). The van der Waals surface area contributed by atoms with Crippen molar-refractivity contribution in [2.75, 3.05) is 41.0 Å². The summed E-state index contributed by atoms with van der Waals surface area (Å²) in [7, 11) is 4.95. The average Bonchev–Trinajstić information content (AvgIpc) is 3.14. The molecule has 0 radical (unpaired) electrons. The highest BCUT2D eigenvalue weighted by Crippen LogP contribution is 2.80. The van der Waals surface area contributed by atoms with Gasteiger partial charge in [0.1, 0.15) is 11.2 Å². The van der Waals surface area contributed by atoms with Gasteiger partial charge in [0, 0.05) is 62.9 Å². The third-order valence-electron chi connectivity index (χ3n) is 11.2. The summed E-state index contributed by atoms with van der Waals surface area (Å²) in [5, 5.41) is 48.5. The van der Waals surface area contributed by atoms with Gasteiger partial charge in [-0.3, -0.25) is 4.90 Å². The first kappa shape index (κ1) is 22.2. The zero-order valence-corrected chi connectivity index (χ0v) is 19.6. The number of likely N-dealkylation sites (N-methyl/N-ethyl adjacent to an activating group) is 1. The minimum atomic E-state index is -1.63. The van der Waals surface area contributed by atoms with Crippen LogP contribution in [-0.4, -0.2) is 108 Å². The molecule has 0 aromatic heterocycles. The van der Waals surface area contributed by atoms with Gasteiger partial charge in [-0.2, -0.15) is 0 Å². The number of methoxy groups -OCH3 is 3. The molecule has 1 spiro atoms. The van der Waals surface area contributed by atoms with E-state index in [9.17, 15) is 20.4 Å². The van der Waals surface area contributed by atoms with Crippen molar-refractivity contribution in [2.24, 2.45) is 34.5 Å². The largest absolute Gasteiger partial charge is 0.392 e. The molecule has 4 N–H and O–H groups in total. The molecule has 0 aromatic rings. The number of rotatable bonds is 5. The maximum absolute atomic E-state index is 12.8. The summed E-state index contributed by atoms with van der Waals surface area (Å²) >= 11 is 0. The lowest BCUT2D eigenvalue weighted by atomic mass is 9.42. The third-order valence-corrected chi connectivity index (χ3v) is 11.2. The Morgan fingerprint density at radius 2 is 1.84 bits per heavy atom. The van der Waals surface area contributed by atoms with Gasteiger partial charge >= 0.3 is 0 Å². The standard InChI is InChI=1S/C24H39NO7/c1-5-25-10-21(11-30-2)7-6-15(26)23-13-8-12-14(31-3)9-22(28,16(13)17(12)27)24(29,20(23)25)19(32-4)18(21)23/h12-20,26-29H,5-11H2,1-4H3/t12-,13-,14+,15+,16-,17+,18-,19+,20+,21+,22-,23+,24-/m1/s1. The van der Waals surface area contributed by atoms with Gasteiger partial charge in [-0.1, -0.05) is 6.92 Å². The van der Waals surface area contributed by atoms with Crippen molar-refractivity contribution in [3.05, 3.63) is 0 Å². The number of hydrogen-bond acceptors (Lipinski definition) is 8. The van der Waals surface area contributed by atoms with Gasteiger partial charge in [0.05, 0.1) is 37.1 Å². The van der Waals surface area contributed by atoms with Crippen LogP contribution in [0.2, 0.25) is 0 Å². The van der Waals surface area contributed by atoms with Crippen LogP contribution in [0.3, 0.4) is 0 Å². The number of ether oxygens (including phenoxy) is 3. The fraction of sp³-hybridized carbons (Fsp3) is 1.00. The molecule has 8 nitrogen and oxygen atoms in total. The molecule has 1 aliphatic heterocycles. The van der Waals surface area contributed by atoms with E-state index in [2.05, 4.69) is 11.8 Å². The van der Waals surface area contributed by atoms with Crippen molar-refractivity contribution >= 4 is 0 Å². The van der Waals surface area contributed by atoms with Crippen molar-refractivity contribution < 1.29 is 34.6 Å². The summed E-state index contributed by atoms with van der Waals surface area (Å²) in [4.78, 5) is 2.28. The Hall–Kier alpha value is -0.320. The van der Waals surface area contributed by atoms with Crippen LogP contribution >= 0.6 is 0 Å². The summed E-state index contributed by atoms with van der Waals surface area (Å²) in [5.41, 5.74) is -4.15. The number of aliphatic hydroxyl groups is 4. The Bertz CT molecular complexity index is 798. The molecular formula is C24H39NO7. The van der Waals surface area contributed by atoms with E-state index in [0.29, 0.717) is 26.0 Å². The SMILES string of the molecule is CCN1C[C@]2(COC)CC[C@H](O)[C@@]34[C@@H]5C[C@H]6[C@H](O)[C@@H]5[C@](O)(C[C@@H]6OC)[C@@](O)([C@@H](OC)[C@H]23)[C@@H]14. The molecule has 182 valence electrons.